The van der Waals surface area contributed by atoms with Crippen LogP contribution < -0.4 is 5.73 Å². The zero-order valence-electron chi connectivity index (χ0n) is 7.84. The number of aryl methyl sites for hydroxylation is 1. The second-order valence-corrected chi connectivity index (χ2v) is 4.66. The van der Waals surface area contributed by atoms with Crippen LogP contribution in [0.2, 0.25) is 0 Å². The summed E-state index contributed by atoms with van der Waals surface area (Å²) in [5, 5.41) is 9.71. The molecule has 0 fully saturated rings. The van der Waals surface area contributed by atoms with Crippen LogP contribution in [0.3, 0.4) is 0 Å². The standard InChI is InChI=1S/C10H14INO/c1-6-3-9(11)5-8(10(6)13)4-7(2)12/h3,5,7,13H,4,12H2,1-2H3. The van der Waals surface area contributed by atoms with Crippen molar-refractivity contribution in [1.82, 2.24) is 0 Å². The molecule has 0 radical (unpaired) electrons. The van der Waals surface area contributed by atoms with Crippen LogP contribution in [0.1, 0.15) is 18.1 Å². The van der Waals surface area contributed by atoms with Gasteiger partial charge in [0.15, 0.2) is 0 Å². The van der Waals surface area contributed by atoms with Crippen LogP contribution >= 0.6 is 22.6 Å². The Balaban J connectivity index is 3.05. The molecule has 0 aliphatic heterocycles. The van der Waals surface area contributed by atoms with E-state index >= 15 is 0 Å². The Morgan fingerprint density at radius 2 is 2.15 bits per heavy atom. The maximum atomic E-state index is 9.71. The Bertz CT molecular complexity index is 310. The molecule has 0 aromatic heterocycles. The van der Waals surface area contributed by atoms with Crippen LogP contribution in [0.5, 0.6) is 5.75 Å². The summed E-state index contributed by atoms with van der Waals surface area (Å²) in [7, 11) is 0. The molecule has 0 amide bonds. The summed E-state index contributed by atoms with van der Waals surface area (Å²) in [5.41, 5.74) is 7.54. The molecule has 0 aliphatic rings. The summed E-state index contributed by atoms with van der Waals surface area (Å²) >= 11 is 2.24. The van der Waals surface area contributed by atoms with Crippen molar-refractivity contribution in [3.8, 4) is 5.75 Å². The zero-order valence-corrected chi connectivity index (χ0v) is 10.00. The highest BCUT2D eigenvalue weighted by atomic mass is 127. The molecule has 2 nitrogen and oxygen atoms in total. The van der Waals surface area contributed by atoms with Crippen LogP contribution in [-0.4, -0.2) is 11.1 Å². The molecule has 1 atom stereocenters. The van der Waals surface area contributed by atoms with E-state index in [9.17, 15) is 5.11 Å². The molecule has 0 saturated carbocycles. The maximum absolute atomic E-state index is 9.71. The lowest BCUT2D eigenvalue weighted by Crippen LogP contribution is -2.18. The predicted molar refractivity (Wildman–Crippen MR) is 62.9 cm³/mol. The number of benzene rings is 1. The van der Waals surface area contributed by atoms with Crippen LogP contribution in [0.25, 0.3) is 0 Å². The first-order valence-corrected chi connectivity index (χ1v) is 5.32. The van der Waals surface area contributed by atoms with Gasteiger partial charge in [-0.2, -0.15) is 0 Å². The fourth-order valence-corrected chi connectivity index (χ4v) is 2.15. The lowest BCUT2D eigenvalue weighted by Gasteiger charge is -2.10. The molecule has 0 bridgehead atoms. The Kier molecular flexibility index (Phi) is 3.55. The molecule has 1 aromatic carbocycles. The number of rotatable bonds is 2. The highest BCUT2D eigenvalue weighted by Crippen LogP contribution is 2.25. The van der Waals surface area contributed by atoms with Crippen LogP contribution in [0.4, 0.5) is 0 Å². The third kappa shape index (κ3) is 2.84. The first-order chi connectivity index (χ1) is 6.00. The van der Waals surface area contributed by atoms with Crippen molar-refractivity contribution in [2.75, 3.05) is 0 Å². The molecule has 1 rings (SSSR count). The molecule has 3 N–H and O–H groups in total. The van der Waals surface area contributed by atoms with Gasteiger partial charge in [-0.3, -0.25) is 0 Å². The number of nitrogens with two attached hydrogens (primary N) is 1. The summed E-state index contributed by atoms with van der Waals surface area (Å²) in [4.78, 5) is 0. The van der Waals surface area contributed by atoms with Crippen molar-refractivity contribution < 1.29 is 5.11 Å². The predicted octanol–water partition coefficient (Wildman–Crippen LogP) is 2.19. The van der Waals surface area contributed by atoms with Gasteiger partial charge in [0, 0.05) is 9.61 Å². The summed E-state index contributed by atoms with van der Waals surface area (Å²) in [6.07, 6.45) is 0.726. The van der Waals surface area contributed by atoms with Crippen molar-refractivity contribution in [3.63, 3.8) is 0 Å². The third-order valence-corrected chi connectivity index (χ3v) is 2.51. The molecule has 13 heavy (non-hydrogen) atoms. The van der Waals surface area contributed by atoms with E-state index in [1.54, 1.807) is 0 Å². The van der Waals surface area contributed by atoms with Crippen molar-refractivity contribution >= 4 is 22.6 Å². The lowest BCUT2D eigenvalue weighted by atomic mass is 10.0. The quantitative estimate of drug-likeness (QED) is 0.821. The molecule has 1 aromatic rings. The SMILES string of the molecule is Cc1cc(I)cc(CC(C)N)c1O. The molecule has 3 heteroatoms. The van der Waals surface area contributed by atoms with Gasteiger partial charge in [-0.1, -0.05) is 0 Å². The van der Waals surface area contributed by atoms with E-state index < -0.39 is 0 Å². The van der Waals surface area contributed by atoms with Gasteiger partial charge in [-0.05, 0) is 66.1 Å². The van der Waals surface area contributed by atoms with Gasteiger partial charge >= 0.3 is 0 Å². The average Bonchev–Trinajstić information content (AvgIpc) is 1.98. The first-order valence-electron chi connectivity index (χ1n) is 4.24. The minimum absolute atomic E-state index is 0.0866. The minimum atomic E-state index is 0.0866. The van der Waals surface area contributed by atoms with Crippen molar-refractivity contribution in [2.24, 2.45) is 5.73 Å². The average molecular weight is 291 g/mol. The van der Waals surface area contributed by atoms with E-state index in [4.69, 9.17) is 5.73 Å². The Morgan fingerprint density at radius 1 is 1.54 bits per heavy atom. The number of hydrogen-bond acceptors (Lipinski definition) is 2. The summed E-state index contributed by atoms with van der Waals surface area (Å²) < 4.78 is 1.14. The van der Waals surface area contributed by atoms with E-state index in [1.165, 1.54) is 0 Å². The van der Waals surface area contributed by atoms with E-state index in [0.717, 1.165) is 21.1 Å². The van der Waals surface area contributed by atoms with Crippen LogP contribution in [0, 0.1) is 10.5 Å². The van der Waals surface area contributed by atoms with E-state index in [-0.39, 0.29) is 6.04 Å². The molecule has 0 aliphatic carbocycles. The van der Waals surface area contributed by atoms with Crippen LogP contribution in [-0.2, 0) is 6.42 Å². The number of hydrogen-bond donors (Lipinski definition) is 2. The topological polar surface area (TPSA) is 46.2 Å². The van der Waals surface area contributed by atoms with Crippen molar-refractivity contribution in [2.45, 2.75) is 26.3 Å². The Labute approximate surface area is 92.3 Å². The molecule has 72 valence electrons. The molecular weight excluding hydrogens is 277 g/mol. The van der Waals surface area contributed by atoms with E-state index in [0.29, 0.717) is 5.75 Å². The zero-order chi connectivity index (χ0) is 10.0. The lowest BCUT2D eigenvalue weighted by molar-refractivity contribution is 0.461. The van der Waals surface area contributed by atoms with E-state index in [1.807, 2.05) is 26.0 Å². The van der Waals surface area contributed by atoms with Crippen LogP contribution in [0.15, 0.2) is 12.1 Å². The highest BCUT2D eigenvalue weighted by Gasteiger charge is 2.07. The molecule has 0 saturated heterocycles. The fraction of sp³-hybridized carbons (Fsp3) is 0.400. The monoisotopic (exact) mass is 291 g/mol. The maximum Gasteiger partial charge on any atom is 0.121 e. The number of halogens is 1. The summed E-state index contributed by atoms with van der Waals surface area (Å²) in [6, 6.07) is 4.02. The Morgan fingerprint density at radius 3 is 2.69 bits per heavy atom. The van der Waals surface area contributed by atoms with Gasteiger partial charge in [0.2, 0.25) is 0 Å². The first kappa shape index (κ1) is 10.8. The van der Waals surface area contributed by atoms with Gasteiger partial charge in [0.05, 0.1) is 0 Å². The molecular formula is C10H14INO. The normalized spacial score (nSPS) is 12.9. The highest BCUT2D eigenvalue weighted by molar-refractivity contribution is 14.1. The number of phenolic OH excluding ortho intramolecular Hbond substituents is 1. The third-order valence-electron chi connectivity index (χ3n) is 1.89. The fourth-order valence-electron chi connectivity index (χ4n) is 1.31. The smallest absolute Gasteiger partial charge is 0.121 e. The summed E-state index contributed by atoms with van der Waals surface area (Å²) in [6.45, 7) is 3.84. The van der Waals surface area contributed by atoms with Gasteiger partial charge in [0.1, 0.15) is 5.75 Å². The largest absolute Gasteiger partial charge is 0.507 e. The van der Waals surface area contributed by atoms with Gasteiger partial charge < -0.3 is 10.8 Å². The second-order valence-electron chi connectivity index (χ2n) is 3.41. The second kappa shape index (κ2) is 4.28. The van der Waals surface area contributed by atoms with Gasteiger partial charge in [-0.15, -0.1) is 0 Å². The van der Waals surface area contributed by atoms with Gasteiger partial charge in [0.25, 0.3) is 0 Å². The van der Waals surface area contributed by atoms with Crippen molar-refractivity contribution in [3.05, 3.63) is 26.8 Å². The Hall–Kier alpha value is -0.290. The number of aromatic hydroxyl groups is 1. The molecule has 1 unspecified atom stereocenters. The van der Waals surface area contributed by atoms with Gasteiger partial charge in [-0.25, -0.2) is 0 Å². The van der Waals surface area contributed by atoms with E-state index in [2.05, 4.69) is 22.6 Å². The summed E-state index contributed by atoms with van der Waals surface area (Å²) in [5.74, 6) is 0.387. The molecule has 0 heterocycles. The number of phenols is 1. The van der Waals surface area contributed by atoms with Crippen molar-refractivity contribution in [1.29, 1.82) is 0 Å². The molecule has 0 spiro atoms. The minimum Gasteiger partial charge on any atom is -0.507 e.